The Bertz CT molecular complexity index is 1020. The van der Waals surface area contributed by atoms with Crippen molar-refractivity contribution in [3.63, 3.8) is 0 Å². The average Bonchev–Trinajstić information content (AvgIpc) is 3.11. The monoisotopic (exact) mass is 737 g/mol. The van der Waals surface area contributed by atoms with Crippen LogP contribution in [0.15, 0.2) is 60.8 Å². The summed E-state index contributed by atoms with van der Waals surface area (Å²) in [5.74, 6) is -0.929. The van der Waals surface area contributed by atoms with Gasteiger partial charge in [-0.25, -0.2) is 4.57 Å². The van der Waals surface area contributed by atoms with Gasteiger partial charge in [0.2, 0.25) is 0 Å². The molecule has 0 rings (SSSR count). The first kappa shape index (κ1) is 48.7. The van der Waals surface area contributed by atoms with E-state index in [2.05, 4.69) is 62.5 Å². The molecule has 3 N–H and O–H groups in total. The molecule has 0 heterocycles. The Morgan fingerprint density at radius 2 is 1.06 bits per heavy atom. The van der Waals surface area contributed by atoms with Crippen LogP contribution in [0.2, 0.25) is 0 Å². The number of phosphoric acid groups is 1. The van der Waals surface area contributed by atoms with Gasteiger partial charge >= 0.3 is 19.8 Å². The highest BCUT2D eigenvalue weighted by Gasteiger charge is 2.25. The van der Waals surface area contributed by atoms with E-state index in [0.29, 0.717) is 6.42 Å². The van der Waals surface area contributed by atoms with Crippen molar-refractivity contribution < 1.29 is 37.6 Å². The first-order valence-electron chi connectivity index (χ1n) is 19.8. The zero-order chi connectivity index (χ0) is 37.5. The molecular weight excluding hydrogens is 665 g/mol. The number of carbonyl (C=O) groups is 2. The van der Waals surface area contributed by atoms with Crippen molar-refractivity contribution in [3.05, 3.63) is 60.8 Å². The smallest absolute Gasteiger partial charge is 0.462 e. The predicted octanol–water partition coefficient (Wildman–Crippen LogP) is 10.9. The second kappa shape index (κ2) is 37.5. The average molecular weight is 738 g/mol. The van der Waals surface area contributed by atoms with Crippen molar-refractivity contribution in [2.24, 2.45) is 5.73 Å². The molecule has 10 heteroatoms. The number of ether oxygens (including phenoxy) is 2. The van der Waals surface area contributed by atoms with Gasteiger partial charge in [0, 0.05) is 19.4 Å². The first-order valence-corrected chi connectivity index (χ1v) is 21.3. The maximum Gasteiger partial charge on any atom is 0.472 e. The van der Waals surface area contributed by atoms with E-state index < -0.39 is 32.5 Å². The normalized spacial score (nSPS) is 14.0. The van der Waals surface area contributed by atoms with Gasteiger partial charge in [0.15, 0.2) is 6.10 Å². The summed E-state index contributed by atoms with van der Waals surface area (Å²) >= 11 is 0. The van der Waals surface area contributed by atoms with Gasteiger partial charge in [0.05, 0.1) is 13.2 Å². The third kappa shape index (κ3) is 37.3. The summed E-state index contributed by atoms with van der Waals surface area (Å²) in [6.45, 7) is 3.59. The minimum absolute atomic E-state index is 0.0406. The van der Waals surface area contributed by atoms with E-state index in [0.717, 1.165) is 44.9 Å². The van der Waals surface area contributed by atoms with Crippen LogP contribution in [0.1, 0.15) is 155 Å². The molecule has 0 saturated heterocycles. The number of rotatable bonds is 36. The number of nitrogens with two attached hydrogens (primary N) is 1. The largest absolute Gasteiger partial charge is 0.472 e. The van der Waals surface area contributed by atoms with Gasteiger partial charge in [-0.05, 0) is 51.4 Å². The molecule has 0 radical (unpaired) electrons. The zero-order valence-corrected chi connectivity index (χ0v) is 33.0. The maximum atomic E-state index is 12.5. The topological polar surface area (TPSA) is 134 Å². The molecule has 0 spiro atoms. The van der Waals surface area contributed by atoms with Crippen LogP contribution >= 0.6 is 7.82 Å². The molecule has 51 heavy (non-hydrogen) atoms. The summed E-state index contributed by atoms with van der Waals surface area (Å²) in [6.07, 6.45) is 42.7. The van der Waals surface area contributed by atoms with Crippen LogP contribution in [0, 0.1) is 0 Å². The third-order valence-electron chi connectivity index (χ3n) is 7.92. The van der Waals surface area contributed by atoms with E-state index in [1.54, 1.807) is 0 Å². The van der Waals surface area contributed by atoms with Crippen LogP contribution in [0.3, 0.4) is 0 Å². The Kier molecular flexibility index (Phi) is 35.8. The molecule has 0 aliphatic heterocycles. The second-order valence-electron chi connectivity index (χ2n) is 12.8. The molecule has 2 atom stereocenters. The van der Waals surface area contributed by atoms with Crippen molar-refractivity contribution >= 4 is 19.8 Å². The summed E-state index contributed by atoms with van der Waals surface area (Å²) in [6, 6.07) is 0. The number of allylic oxidation sites excluding steroid dienone is 10. The second-order valence-corrected chi connectivity index (χ2v) is 14.3. The van der Waals surface area contributed by atoms with Gasteiger partial charge in [-0.15, -0.1) is 0 Å². The van der Waals surface area contributed by atoms with Crippen LogP contribution < -0.4 is 5.73 Å². The number of unbranched alkanes of at least 4 members (excludes halogenated alkanes) is 13. The lowest BCUT2D eigenvalue weighted by Gasteiger charge is -2.19. The molecule has 9 nitrogen and oxygen atoms in total. The number of hydrogen-bond donors (Lipinski definition) is 2. The fourth-order valence-electron chi connectivity index (χ4n) is 4.97. The SMILES string of the molecule is CCCCC/C=C\C/C=C\C/C=C\C/C=C\C/C=C\CCC(=O)O[C@H](COC(=O)CCCCCCCCCCCCC)COP(=O)(O)OCCN. The van der Waals surface area contributed by atoms with E-state index in [1.807, 2.05) is 12.2 Å². The van der Waals surface area contributed by atoms with E-state index in [9.17, 15) is 19.0 Å². The van der Waals surface area contributed by atoms with Crippen molar-refractivity contribution in [1.29, 1.82) is 0 Å². The number of carbonyl (C=O) groups excluding carboxylic acids is 2. The van der Waals surface area contributed by atoms with Gasteiger partial charge in [0.25, 0.3) is 0 Å². The van der Waals surface area contributed by atoms with Crippen molar-refractivity contribution in [2.45, 2.75) is 161 Å². The Morgan fingerprint density at radius 1 is 0.588 bits per heavy atom. The molecule has 294 valence electrons. The highest BCUT2D eigenvalue weighted by atomic mass is 31.2. The zero-order valence-electron chi connectivity index (χ0n) is 32.1. The standard InChI is InChI=1S/C41H72NO8P/c1-3-5-7-9-11-13-15-16-17-18-19-20-21-22-24-26-28-30-32-34-41(44)50-39(38-49-51(45,46)48-36-35-42)37-47-40(43)33-31-29-27-25-23-14-12-10-8-6-4-2/h11,13,16-17,19-20,22,24,28,30,39H,3-10,12,14-15,18,21,23,25-27,29,31-38,42H2,1-2H3,(H,45,46)/b13-11-,17-16-,20-19-,24-22-,30-28-/t39-/m1/s1. The van der Waals surface area contributed by atoms with Crippen LogP contribution in [0.5, 0.6) is 0 Å². The molecule has 1 unspecified atom stereocenters. The van der Waals surface area contributed by atoms with Crippen molar-refractivity contribution in [2.75, 3.05) is 26.4 Å². The third-order valence-corrected chi connectivity index (χ3v) is 8.90. The van der Waals surface area contributed by atoms with E-state index >= 15 is 0 Å². The maximum absolute atomic E-state index is 12.5. The molecule has 0 aromatic carbocycles. The van der Waals surface area contributed by atoms with Gasteiger partial charge in [0.1, 0.15) is 6.61 Å². The first-order chi connectivity index (χ1) is 24.8. The molecular formula is C41H72NO8P. The van der Waals surface area contributed by atoms with Gasteiger partial charge in [-0.1, -0.05) is 152 Å². The minimum atomic E-state index is -4.39. The molecule has 0 aromatic heterocycles. The van der Waals surface area contributed by atoms with Crippen LogP contribution in [-0.2, 0) is 32.7 Å². The van der Waals surface area contributed by atoms with Crippen molar-refractivity contribution in [1.82, 2.24) is 0 Å². The van der Waals surface area contributed by atoms with Crippen LogP contribution in [0.25, 0.3) is 0 Å². The van der Waals surface area contributed by atoms with E-state index in [-0.39, 0.29) is 32.6 Å². The number of hydrogen-bond acceptors (Lipinski definition) is 8. The molecule has 0 fully saturated rings. The summed E-state index contributed by atoms with van der Waals surface area (Å²) in [4.78, 5) is 34.7. The highest BCUT2D eigenvalue weighted by molar-refractivity contribution is 7.47. The molecule has 0 bridgehead atoms. The number of phosphoric ester groups is 1. The predicted molar refractivity (Wildman–Crippen MR) is 210 cm³/mol. The molecule has 0 aromatic rings. The summed E-state index contributed by atoms with van der Waals surface area (Å²) in [5, 5.41) is 0. The highest BCUT2D eigenvalue weighted by Crippen LogP contribution is 2.43. The molecule has 0 amide bonds. The van der Waals surface area contributed by atoms with Crippen LogP contribution in [-0.4, -0.2) is 49.3 Å². The summed E-state index contributed by atoms with van der Waals surface area (Å²) in [7, 11) is -4.39. The summed E-state index contributed by atoms with van der Waals surface area (Å²) in [5.41, 5.74) is 5.33. The summed E-state index contributed by atoms with van der Waals surface area (Å²) < 4.78 is 32.6. The van der Waals surface area contributed by atoms with Gasteiger partial charge in [-0.3, -0.25) is 18.6 Å². The molecule has 0 saturated carbocycles. The Balaban J connectivity index is 4.35. The number of esters is 2. The lowest BCUT2D eigenvalue weighted by Crippen LogP contribution is -2.29. The van der Waals surface area contributed by atoms with E-state index in [1.165, 1.54) is 77.0 Å². The fraction of sp³-hybridized carbons (Fsp3) is 0.707. The lowest BCUT2D eigenvalue weighted by atomic mass is 10.1. The van der Waals surface area contributed by atoms with Gasteiger partial charge in [-0.2, -0.15) is 0 Å². The fourth-order valence-corrected chi connectivity index (χ4v) is 5.73. The van der Waals surface area contributed by atoms with E-state index in [4.69, 9.17) is 24.3 Å². The Labute approximate surface area is 310 Å². The minimum Gasteiger partial charge on any atom is -0.462 e. The Morgan fingerprint density at radius 3 is 1.59 bits per heavy atom. The quantitative estimate of drug-likeness (QED) is 0.0279. The van der Waals surface area contributed by atoms with Crippen LogP contribution in [0.4, 0.5) is 0 Å². The molecule has 0 aliphatic rings. The molecule has 0 aliphatic carbocycles. The van der Waals surface area contributed by atoms with Gasteiger partial charge < -0.3 is 20.1 Å². The van der Waals surface area contributed by atoms with Crippen molar-refractivity contribution in [3.8, 4) is 0 Å². The lowest BCUT2D eigenvalue weighted by molar-refractivity contribution is -0.161. The Hall–Kier alpha value is -2.29.